The average molecular weight is 422 g/mol. The molecule has 2 fully saturated rings. The zero-order valence-electron chi connectivity index (χ0n) is 15.9. The van der Waals surface area contributed by atoms with Gasteiger partial charge in [-0.3, -0.25) is 4.79 Å². The number of nitrogens with zero attached hydrogens (tertiary/aromatic N) is 1. The molecule has 2 aromatic rings. The average Bonchev–Trinajstić information content (AvgIpc) is 3.11. The van der Waals surface area contributed by atoms with Crippen molar-refractivity contribution < 1.29 is 23.0 Å². The van der Waals surface area contributed by atoms with Crippen LogP contribution < -0.4 is 0 Å². The molecule has 2 aliphatic rings. The van der Waals surface area contributed by atoms with Crippen LogP contribution in [0.4, 0.5) is 8.78 Å². The first-order chi connectivity index (χ1) is 14.0. The molecule has 0 radical (unpaired) electrons. The summed E-state index contributed by atoms with van der Waals surface area (Å²) in [6.45, 7) is 2.28. The Bertz CT molecular complexity index is 901. The normalized spacial score (nSPS) is 20.1. The minimum Gasteiger partial charge on any atom is -0.377 e. The van der Waals surface area contributed by atoms with Gasteiger partial charge in [0.2, 0.25) is 0 Å². The van der Waals surface area contributed by atoms with Gasteiger partial charge in [0.15, 0.2) is 0 Å². The first-order valence-electron chi connectivity index (χ1n) is 9.65. The van der Waals surface area contributed by atoms with Crippen molar-refractivity contribution in [2.24, 2.45) is 5.92 Å². The van der Waals surface area contributed by atoms with Crippen LogP contribution in [0.15, 0.2) is 42.5 Å². The molecular formula is C22H22ClF2NO3. The predicted octanol–water partition coefficient (Wildman–Crippen LogP) is 4.46. The largest absolute Gasteiger partial charge is 0.377 e. The summed E-state index contributed by atoms with van der Waals surface area (Å²) < 4.78 is 39.1. The van der Waals surface area contributed by atoms with Crippen LogP contribution >= 0.6 is 11.6 Å². The second-order valence-electron chi connectivity index (χ2n) is 7.78. The molecule has 2 aliphatic heterocycles. The SMILES string of the molecule is O=C(c1cc(Cl)ccc1F)N1CC2(CC(CCOCc3ccccc3F)CO2)C1. The number of likely N-dealkylation sites (tertiary alicyclic amines) is 1. The van der Waals surface area contributed by atoms with Gasteiger partial charge in [0.1, 0.15) is 17.2 Å². The van der Waals surface area contributed by atoms with E-state index in [1.807, 2.05) is 0 Å². The summed E-state index contributed by atoms with van der Waals surface area (Å²) >= 11 is 5.88. The van der Waals surface area contributed by atoms with Crippen LogP contribution in [-0.4, -0.2) is 42.7 Å². The maximum absolute atomic E-state index is 13.9. The standard InChI is InChI=1S/C22H22ClF2NO3/c23-17-5-6-20(25)18(9-17)21(27)26-13-22(14-26)10-15(11-29-22)7-8-28-12-16-3-1-2-4-19(16)24/h1-6,9,15H,7-8,10-14H2. The molecule has 7 heteroatoms. The number of ether oxygens (including phenoxy) is 2. The topological polar surface area (TPSA) is 38.8 Å². The zero-order chi connectivity index (χ0) is 20.4. The highest BCUT2D eigenvalue weighted by Gasteiger charge is 2.51. The van der Waals surface area contributed by atoms with Gasteiger partial charge < -0.3 is 14.4 Å². The lowest BCUT2D eigenvalue weighted by atomic mass is 9.85. The molecule has 1 amide bonds. The van der Waals surface area contributed by atoms with Crippen LogP contribution in [0, 0.1) is 17.6 Å². The van der Waals surface area contributed by atoms with Crippen LogP contribution in [0.1, 0.15) is 28.8 Å². The van der Waals surface area contributed by atoms with Crippen molar-refractivity contribution in [3.63, 3.8) is 0 Å². The lowest BCUT2D eigenvalue weighted by molar-refractivity contribution is -0.0951. The van der Waals surface area contributed by atoms with Crippen molar-refractivity contribution in [2.45, 2.75) is 25.0 Å². The summed E-state index contributed by atoms with van der Waals surface area (Å²) in [6.07, 6.45) is 1.64. The summed E-state index contributed by atoms with van der Waals surface area (Å²) in [4.78, 5) is 14.1. The van der Waals surface area contributed by atoms with E-state index in [0.29, 0.717) is 42.8 Å². The van der Waals surface area contributed by atoms with Crippen LogP contribution in [0.5, 0.6) is 0 Å². The molecule has 1 spiro atoms. The Morgan fingerprint density at radius 3 is 2.79 bits per heavy atom. The molecule has 0 N–H and O–H groups in total. The Kier molecular flexibility index (Phi) is 5.86. The van der Waals surface area contributed by atoms with Gasteiger partial charge in [-0.15, -0.1) is 0 Å². The van der Waals surface area contributed by atoms with E-state index in [1.165, 1.54) is 24.3 Å². The lowest BCUT2D eigenvalue weighted by Gasteiger charge is -2.47. The van der Waals surface area contributed by atoms with Gasteiger partial charge in [-0.1, -0.05) is 29.8 Å². The van der Waals surface area contributed by atoms with Gasteiger partial charge in [0.05, 0.1) is 31.9 Å². The highest BCUT2D eigenvalue weighted by molar-refractivity contribution is 6.31. The Balaban J connectivity index is 1.22. The van der Waals surface area contributed by atoms with Gasteiger partial charge >= 0.3 is 0 Å². The third-order valence-electron chi connectivity index (χ3n) is 5.58. The molecule has 0 bridgehead atoms. The summed E-state index contributed by atoms with van der Waals surface area (Å²) in [7, 11) is 0. The summed E-state index contributed by atoms with van der Waals surface area (Å²) in [5, 5.41) is 0.331. The third-order valence-corrected chi connectivity index (χ3v) is 5.81. The maximum atomic E-state index is 13.9. The van der Waals surface area contributed by atoms with Crippen LogP contribution in [-0.2, 0) is 16.1 Å². The van der Waals surface area contributed by atoms with Gasteiger partial charge in [0, 0.05) is 17.2 Å². The Hall–Kier alpha value is -2.02. The fraction of sp³-hybridized carbons (Fsp3) is 0.409. The second-order valence-corrected chi connectivity index (χ2v) is 8.22. The molecule has 29 heavy (non-hydrogen) atoms. The number of carbonyl (C=O) groups excluding carboxylic acids is 1. The summed E-state index contributed by atoms with van der Waals surface area (Å²) in [5.41, 5.74) is 0.192. The van der Waals surface area contributed by atoms with Crippen LogP contribution in [0.25, 0.3) is 0 Å². The van der Waals surface area contributed by atoms with E-state index < -0.39 is 5.82 Å². The maximum Gasteiger partial charge on any atom is 0.257 e. The van der Waals surface area contributed by atoms with Crippen molar-refractivity contribution in [3.8, 4) is 0 Å². The highest BCUT2D eigenvalue weighted by Crippen LogP contribution is 2.39. The van der Waals surface area contributed by atoms with Crippen molar-refractivity contribution in [2.75, 3.05) is 26.3 Å². The number of halogens is 3. The quantitative estimate of drug-likeness (QED) is 0.646. The first-order valence-corrected chi connectivity index (χ1v) is 10.0. The fourth-order valence-electron chi connectivity index (χ4n) is 4.02. The van der Waals surface area contributed by atoms with E-state index in [0.717, 1.165) is 12.8 Å². The molecule has 0 aromatic heterocycles. The number of amides is 1. The molecule has 2 saturated heterocycles. The minimum atomic E-state index is -0.572. The van der Waals surface area contributed by atoms with Gasteiger partial charge in [-0.2, -0.15) is 0 Å². The number of carbonyl (C=O) groups is 1. The van der Waals surface area contributed by atoms with Gasteiger partial charge in [-0.05, 0) is 43.0 Å². The van der Waals surface area contributed by atoms with E-state index in [-0.39, 0.29) is 29.5 Å². The molecule has 4 rings (SSSR count). The van der Waals surface area contributed by atoms with E-state index in [4.69, 9.17) is 21.1 Å². The third kappa shape index (κ3) is 4.44. The number of benzene rings is 2. The predicted molar refractivity (Wildman–Crippen MR) is 105 cm³/mol. The Morgan fingerprint density at radius 1 is 1.21 bits per heavy atom. The molecule has 4 nitrogen and oxygen atoms in total. The van der Waals surface area contributed by atoms with Crippen molar-refractivity contribution in [3.05, 3.63) is 70.2 Å². The molecule has 0 saturated carbocycles. The van der Waals surface area contributed by atoms with Gasteiger partial charge in [0.25, 0.3) is 5.91 Å². The molecule has 1 atom stereocenters. The van der Waals surface area contributed by atoms with Crippen LogP contribution in [0.3, 0.4) is 0 Å². The van der Waals surface area contributed by atoms with E-state index in [1.54, 1.807) is 23.1 Å². The number of hydrogen-bond donors (Lipinski definition) is 0. The van der Waals surface area contributed by atoms with E-state index in [2.05, 4.69) is 0 Å². The van der Waals surface area contributed by atoms with E-state index >= 15 is 0 Å². The molecule has 0 aliphatic carbocycles. The monoisotopic (exact) mass is 421 g/mol. The second kappa shape index (κ2) is 8.38. The first kappa shape index (κ1) is 20.3. The van der Waals surface area contributed by atoms with Crippen LogP contribution in [0.2, 0.25) is 5.02 Å². The number of rotatable bonds is 6. The Labute approximate surface area is 173 Å². The molecule has 2 heterocycles. The molecular weight excluding hydrogens is 400 g/mol. The summed E-state index contributed by atoms with van der Waals surface area (Å²) in [5.74, 6) is -0.865. The smallest absolute Gasteiger partial charge is 0.257 e. The van der Waals surface area contributed by atoms with Crippen molar-refractivity contribution in [1.29, 1.82) is 0 Å². The van der Waals surface area contributed by atoms with Gasteiger partial charge in [-0.25, -0.2) is 8.78 Å². The molecule has 2 aromatic carbocycles. The molecule has 1 unspecified atom stereocenters. The van der Waals surface area contributed by atoms with Crippen molar-refractivity contribution >= 4 is 17.5 Å². The van der Waals surface area contributed by atoms with Crippen molar-refractivity contribution in [1.82, 2.24) is 4.90 Å². The highest BCUT2D eigenvalue weighted by atomic mass is 35.5. The number of hydrogen-bond acceptors (Lipinski definition) is 3. The Morgan fingerprint density at radius 2 is 2.00 bits per heavy atom. The molecule has 154 valence electrons. The summed E-state index contributed by atoms with van der Waals surface area (Å²) in [6, 6.07) is 10.6. The minimum absolute atomic E-state index is 0.0107. The fourth-order valence-corrected chi connectivity index (χ4v) is 4.19. The lowest BCUT2D eigenvalue weighted by Crippen LogP contribution is -2.63. The zero-order valence-corrected chi connectivity index (χ0v) is 16.6. The van der Waals surface area contributed by atoms with E-state index in [9.17, 15) is 13.6 Å².